The Kier molecular flexibility index (Phi) is 6.89. The summed E-state index contributed by atoms with van der Waals surface area (Å²) in [5, 5.41) is 12.7. The predicted molar refractivity (Wildman–Crippen MR) is 120 cm³/mol. The van der Waals surface area contributed by atoms with Crippen molar-refractivity contribution in [3.8, 4) is 11.4 Å². The highest BCUT2D eigenvalue weighted by atomic mass is 35.5. The van der Waals surface area contributed by atoms with Gasteiger partial charge in [0.15, 0.2) is 11.0 Å². The van der Waals surface area contributed by atoms with E-state index in [1.54, 1.807) is 24.3 Å². The summed E-state index contributed by atoms with van der Waals surface area (Å²) in [6.07, 6.45) is 2.04. The van der Waals surface area contributed by atoms with Crippen molar-refractivity contribution in [3.63, 3.8) is 0 Å². The maximum absolute atomic E-state index is 13.4. The Balaban J connectivity index is 1.50. The van der Waals surface area contributed by atoms with Gasteiger partial charge in [0.1, 0.15) is 5.82 Å². The Morgan fingerprint density at radius 2 is 2.10 bits per heavy atom. The number of rotatable bonds is 7. The number of hydrogen-bond acceptors (Lipinski definition) is 5. The van der Waals surface area contributed by atoms with Crippen molar-refractivity contribution in [2.75, 3.05) is 17.7 Å². The lowest BCUT2D eigenvalue weighted by molar-refractivity contribution is -0.113. The van der Waals surface area contributed by atoms with E-state index in [2.05, 4.69) is 15.5 Å². The molecule has 2 aromatic carbocycles. The number of halogens is 2. The van der Waals surface area contributed by atoms with Crippen LogP contribution in [0.1, 0.15) is 18.4 Å². The minimum absolute atomic E-state index is 0.0671. The average molecular weight is 461 g/mol. The Bertz CT molecular complexity index is 1070. The lowest BCUT2D eigenvalue weighted by Crippen LogP contribution is -2.18. The van der Waals surface area contributed by atoms with Crippen LogP contribution in [0.4, 0.5) is 10.1 Å². The highest BCUT2D eigenvalue weighted by Crippen LogP contribution is 2.27. The van der Waals surface area contributed by atoms with Crippen molar-refractivity contribution in [2.24, 2.45) is 0 Å². The molecule has 1 unspecified atom stereocenters. The summed E-state index contributed by atoms with van der Waals surface area (Å²) in [6.45, 7) is 3.23. The molecule has 1 aromatic heterocycles. The maximum atomic E-state index is 13.4. The summed E-state index contributed by atoms with van der Waals surface area (Å²) in [4.78, 5) is 12.5. The standard InChI is InChI=1S/C22H22ClFN4O2S/c1-14-4-7-16(23)11-19(14)25-20(29)13-31-22-27-26-21(15-5-8-17(24)9-6-15)28(22)12-18-3-2-10-30-18/h4-9,11,18H,2-3,10,12-13H2,1H3,(H,25,29). The molecular formula is C22H22ClFN4O2S. The predicted octanol–water partition coefficient (Wildman–Crippen LogP) is 4.96. The van der Waals surface area contributed by atoms with Gasteiger partial charge in [-0.05, 0) is 61.7 Å². The smallest absolute Gasteiger partial charge is 0.234 e. The molecule has 162 valence electrons. The number of amides is 1. The number of carbonyl (C=O) groups is 1. The third-order valence-electron chi connectivity index (χ3n) is 5.04. The first-order valence-electron chi connectivity index (χ1n) is 9.99. The largest absolute Gasteiger partial charge is 0.376 e. The fraction of sp³-hybridized carbons (Fsp3) is 0.318. The van der Waals surface area contributed by atoms with Crippen LogP contribution in [0.3, 0.4) is 0 Å². The van der Waals surface area contributed by atoms with Gasteiger partial charge in [-0.15, -0.1) is 10.2 Å². The van der Waals surface area contributed by atoms with Gasteiger partial charge in [-0.1, -0.05) is 29.4 Å². The normalized spacial score (nSPS) is 15.9. The number of carbonyl (C=O) groups excluding carboxylic acids is 1. The Morgan fingerprint density at radius 1 is 1.29 bits per heavy atom. The monoisotopic (exact) mass is 460 g/mol. The lowest BCUT2D eigenvalue weighted by atomic mass is 10.2. The zero-order valence-corrected chi connectivity index (χ0v) is 18.5. The fourth-order valence-corrected chi connectivity index (χ4v) is 4.33. The Labute approximate surface area is 189 Å². The van der Waals surface area contributed by atoms with Gasteiger partial charge < -0.3 is 10.1 Å². The number of aryl methyl sites for hydroxylation is 1. The number of nitrogens with one attached hydrogen (secondary N) is 1. The second kappa shape index (κ2) is 9.80. The van der Waals surface area contributed by atoms with E-state index in [9.17, 15) is 9.18 Å². The number of hydrogen-bond donors (Lipinski definition) is 1. The minimum Gasteiger partial charge on any atom is -0.376 e. The fourth-order valence-electron chi connectivity index (χ4n) is 3.41. The molecule has 2 heterocycles. The molecule has 1 amide bonds. The van der Waals surface area contributed by atoms with Crippen molar-refractivity contribution in [1.29, 1.82) is 0 Å². The highest BCUT2D eigenvalue weighted by molar-refractivity contribution is 7.99. The van der Waals surface area contributed by atoms with Crippen molar-refractivity contribution < 1.29 is 13.9 Å². The SMILES string of the molecule is Cc1ccc(Cl)cc1NC(=O)CSc1nnc(-c2ccc(F)cc2)n1CC1CCCO1. The molecule has 3 aromatic rings. The third-order valence-corrected chi connectivity index (χ3v) is 6.24. The topological polar surface area (TPSA) is 69.0 Å². The van der Waals surface area contributed by atoms with Gasteiger partial charge in [0.25, 0.3) is 0 Å². The van der Waals surface area contributed by atoms with Crippen LogP contribution in [0.25, 0.3) is 11.4 Å². The Morgan fingerprint density at radius 3 is 2.84 bits per heavy atom. The third kappa shape index (κ3) is 5.44. The zero-order valence-electron chi connectivity index (χ0n) is 17.0. The van der Waals surface area contributed by atoms with Crippen LogP contribution in [0.2, 0.25) is 5.02 Å². The maximum Gasteiger partial charge on any atom is 0.234 e. The highest BCUT2D eigenvalue weighted by Gasteiger charge is 2.22. The molecule has 1 atom stereocenters. The van der Waals surface area contributed by atoms with Crippen molar-refractivity contribution in [2.45, 2.75) is 37.6 Å². The molecule has 4 rings (SSSR count). The quantitative estimate of drug-likeness (QED) is 0.505. The van der Waals surface area contributed by atoms with Crippen LogP contribution in [-0.2, 0) is 16.1 Å². The second-order valence-electron chi connectivity index (χ2n) is 7.35. The molecule has 1 aliphatic heterocycles. The summed E-state index contributed by atoms with van der Waals surface area (Å²) in [7, 11) is 0. The van der Waals surface area contributed by atoms with E-state index in [0.29, 0.717) is 28.2 Å². The van der Waals surface area contributed by atoms with E-state index in [-0.39, 0.29) is 23.6 Å². The number of benzene rings is 2. The van der Waals surface area contributed by atoms with Crippen LogP contribution in [0, 0.1) is 12.7 Å². The van der Waals surface area contributed by atoms with Crippen molar-refractivity contribution in [3.05, 3.63) is 58.9 Å². The zero-order chi connectivity index (χ0) is 21.8. The molecule has 0 spiro atoms. The molecule has 1 saturated heterocycles. The van der Waals surface area contributed by atoms with Crippen LogP contribution < -0.4 is 5.32 Å². The summed E-state index contributed by atoms with van der Waals surface area (Å²) in [6, 6.07) is 11.5. The van der Waals surface area contributed by atoms with E-state index in [1.807, 2.05) is 17.6 Å². The summed E-state index contributed by atoms with van der Waals surface area (Å²) < 4.78 is 21.1. The molecule has 1 fully saturated rings. The van der Waals surface area contributed by atoms with E-state index < -0.39 is 0 Å². The van der Waals surface area contributed by atoms with E-state index in [0.717, 1.165) is 30.6 Å². The summed E-state index contributed by atoms with van der Waals surface area (Å²) >= 11 is 7.33. The van der Waals surface area contributed by atoms with Gasteiger partial charge in [-0.25, -0.2) is 4.39 Å². The molecular weight excluding hydrogens is 439 g/mol. The van der Waals surface area contributed by atoms with Crippen molar-refractivity contribution >= 4 is 35.0 Å². The molecule has 0 saturated carbocycles. The first-order chi connectivity index (χ1) is 15.0. The van der Waals surface area contributed by atoms with Crippen LogP contribution in [0.5, 0.6) is 0 Å². The van der Waals surface area contributed by atoms with Crippen LogP contribution in [0.15, 0.2) is 47.6 Å². The number of anilines is 1. The van der Waals surface area contributed by atoms with Crippen LogP contribution >= 0.6 is 23.4 Å². The van der Waals surface area contributed by atoms with E-state index >= 15 is 0 Å². The lowest BCUT2D eigenvalue weighted by Gasteiger charge is -2.15. The first-order valence-corrected chi connectivity index (χ1v) is 11.4. The van der Waals surface area contributed by atoms with Gasteiger partial charge in [0, 0.05) is 22.9 Å². The average Bonchev–Trinajstić information content (AvgIpc) is 3.40. The first kappa shape index (κ1) is 21.8. The summed E-state index contributed by atoms with van der Waals surface area (Å²) in [5.41, 5.74) is 2.38. The molecule has 0 radical (unpaired) electrons. The molecule has 1 aliphatic rings. The minimum atomic E-state index is -0.309. The van der Waals surface area contributed by atoms with Gasteiger partial charge in [0.2, 0.25) is 5.91 Å². The van der Waals surface area contributed by atoms with Crippen LogP contribution in [-0.4, -0.2) is 39.1 Å². The molecule has 0 aliphatic carbocycles. The molecule has 31 heavy (non-hydrogen) atoms. The molecule has 0 bridgehead atoms. The molecule has 1 N–H and O–H groups in total. The number of nitrogens with zero attached hydrogens (tertiary/aromatic N) is 3. The second-order valence-corrected chi connectivity index (χ2v) is 8.73. The number of thioether (sulfide) groups is 1. The molecule has 6 nitrogen and oxygen atoms in total. The Hall–Kier alpha value is -2.42. The van der Waals surface area contributed by atoms with Gasteiger partial charge >= 0.3 is 0 Å². The molecule has 9 heteroatoms. The van der Waals surface area contributed by atoms with E-state index in [1.165, 1.54) is 23.9 Å². The summed E-state index contributed by atoms with van der Waals surface area (Å²) in [5.74, 6) is 0.324. The number of ether oxygens (including phenoxy) is 1. The van der Waals surface area contributed by atoms with Gasteiger partial charge in [-0.3, -0.25) is 9.36 Å². The number of aromatic nitrogens is 3. The van der Waals surface area contributed by atoms with Gasteiger partial charge in [0.05, 0.1) is 18.4 Å². The van der Waals surface area contributed by atoms with E-state index in [4.69, 9.17) is 16.3 Å². The van der Waals surface area contributed by atoms with Crippen molar-refractivity contribution in [1.82, 2.24) is 14.8 Å². The van der Waals surface area contributed by atoms with Gasteiger partial charge in [-0.2, -0.15) is 0 Å².